The van der Waals surface area contributed by atoms with Crippen LogP contribution in [0.15, 0.2) is 36.4 Å². The molecule has 2 aromatic carbocycles. The van der Waals surface area contributed by atoms with Gasteiger partial charge in [-0.25, -0.2) is 9.59 Å². The van der Waals surface area contributed by atoms with Crippen LogP contribution in [0.2, 0.25) is 5.02 Å². The van der Waals surface area contributed by atoms with Gasteiger partial charge in [-0.05, 0) is 64.0 Å². The monoisotopic (exact) mass is 730 g/mol. The smallest absolute Gasteiger partial charge is 0.410 e. The molecule has 1 aliphatic carbocycles. The van der Waals surface area contributed by atoms with Crippen molar-refractivity contribution in [3.63, 3.8) is 0 Å². The highest BCUT2D eigenvalue weighted by Gasteiger charge is 2.52. The molecular formula is C38H47ClN8O5. The lowest BCUT2D eigenvalue weighted by Crippen LogP contribution is -2.55. The van der Waals surface area contributed by atoms with Gasteiger partial charge in [-0.1, -0.05) is 35.9 Å². The lowest BCUT2D eigenvalue weighted by molar-refractivity contribution is 0.0219. The summed E-state index contributed by atoms with van der Waals surface area (Å²) in [6, 6.07) is 14.2. The van der Waals surface area contributed by atoms with Crippen LogP contribution in [0.1, 0.15) is 57.7 Å². The Labute approximate surface area is 309 Å². The maximum absolute atomic E-state index is 12.8. The normalized spacial score (nSPS) is 21.4. The molecule has 0 radical (unpaired) electrons. The summed E-state index contributed by atoms with van der Waals surface area (Å²) in [5.74, 6) is 0.744. The average Bonchev–Trinajstić information content (AvgIpc) is 3.74. The first-order chi connectivity index (χ1) is 24.9. The van der Waals surface area contributed by atoms with E-state index in [4.69, 9.17) is 31.0 Å². The summed E-state index contributed by atoms with van der Waals surface area (Å²) in [7, 11) is 1.81. The molecule has 2 saturated heterocycles. The zero-order valence-electron chi connectivity index (χ0n) is 30.3. The molecule has 2 unspecified atom stereocenters. The molecule has 4 aliphatic rings. The maximum atomic E-state index is 12.8. The van der Waals surface area contributed by atoms with Gasteiger partial charge in [0, 0.05) is 69.0 Å². The van der Waals surface area contributed by atoms with E-state index in [1.807, 2.05) is 46.0 Å². The number of hydrogen-bond acceptors (Lipinski definition) is 10. The molecule has 0 bridgehead atoms. The van der Waals surface area contributed by atoms with Crippen molar-refractivity contribution in [2.45, 2.75) is 82.6 Å². The van der Waals surface area contributed by atoms with E-state index in [2.05, 4.69) is 39.0 Å². The number of nitriles is 1. The van der Waals surface area contributed by atoms with Crippen molar-refractivity contribution in [3.05, 3.63) is 52.7 Å². The summed E-state index contributed by atoms with van der Waals surface area (Å²) in [4.78, 5) is 44.7. The molecule has 13 nitrogen and oxygen atoms in total. The number of carbonyl (C=O) groups excluding carboxylic acids is 1. The van der Waals surface area contributed by atoms with Crippen molar-refractivity contribution < 1.29 is 24.2 Å². The van der Waals surface area contributed by atoms with Gasteiger partial charge in [0.05, 0.1) is 41.3 Å². The van der Waals surface area contributed by atoms with Gasteiger partial charge >= 0.3 is 18.2 Å². The van der Waals surface area contributed by atoms with Crippen LogP contribution in [-0.4, -0.2) is 118 Å². The fourth-order valence-electron chi connectivity index (χ4n) is 7.91. The average molecular weight is 731 g/mol. The first kappa shape index (κ1) is 35.8. The van der Waals surface area contributed by atoms with Gasteiger partial charge in [0.1, 0.15) is 18.0 Å². The third-order valence-electron chi connectivity index (χ3n) is 10.9. The van der Waals surface area contributed by atoms with E-state index >= 15 is 0 Å². The van der Waals surface area contributed by atoms with E-state index in [1.165, 1.54) is 4.90 Å². The Balaban J connectivity index is 1.14. The van der Waals surface area contributed by atoms with E-state index in [9.17, 15) is 20.0 Å². The minimum Gasteiger partial charge on any atom is -0.465 e. The van der Waals surface area contributed by atoms with Crippen molar-refractivity contribution in [3.8, 4) is 12.1 Å². The van der Waals surface area contributed by atoms with Crippen LogP contribution in [0.4, 0.5) is 21.1 Å². The molecule has 0 spiro atoms. The summed E-state index contributed by atoms with van der Waals surface area (Å²) < 4.78 is 12.2. The second-order valence-corrected chi connectivity index (χ2v) is 15.9. The maximum Gasteiger partial charge on any atom is 0.410 e. The number of carboxylic acid groups (broad SMARTS) is 1. The molecule has 2 atom stereocenters. The fourth-order valence-corrected chi connectivity index (χ4v) is 8.19. The van der Waals surface area contributed by atoms with Gasteiger partial charge < -0.3 is 34.2 Å². The Morgan fingerprint density at radius 3 is 2.56 bits per heavy atom. The number of benzene rings is 2. The number of likely N-dealkylation sites (tertiary alicyclic amines) is 1. The fraction of sp³-hybridized carbons (Fsp3) is 0.553. The van der Waals surface area contributed by atoms with Crippen LogP contribution < -0.4 is 14.5 Å². The van der Waals surface area contributed by atoms with Crippen molar-refractivity contribution in [1.29, 1.82) is 5.26 Å². The summed E-state index contributed by atoms with van der Waals surface area (Å²) in [6.07, 6.45) is 2.27. The first-order valence-corrected chi connectivity index (χ1v) is 18.5. The Morgan fingerprint density at radius 1 is 1.08 bits per heavy atom. The number of aromatic nitrogens is 2. The van der Waals surface area contributed by atoms with Gasteiger partial charge in [-0.3, -0.25) is 4.90 Å². The van der Waals surface area contributed by atoms with E-state index in [1.54, 1.807) is 4.90 Å². The number of hydrogen-bond donors (Lipinski definition) is 1. The van der Waals surface area contributed by atoms with Gasteiger partial charge in [0.2, 0.25) is 0 Å². The van der Waals surface area contributed by atoms with Crippen LogP contribution in [0.25, 0.3) is 10.8 Å². The van der Waals surface area contributed by atoms with Crippen molar-refractivity contribution in [2.24, 2.45) is 0 Å². The standard InChI is InChI=1S/C38H47ClN8O5/c1-37(2,3)52-36(50)43(4)26-12-18-46(22-26)38(14-15-38)24-51-34-41-30-23-44(31-10-6-8-25-7-5-9-29(39)32(25)31)17-13-28(30)33(42-34)45-19-20-47(35(48)49)27(21-45)11-16-40/h5-10,26-27H,11-15,17-24H2,1-4H3,(H,48,49). The van der Waals surface area contributed by atoms with Crippen LogP contribution in [0.3, 0.4) is 0 Å². The van der Waals surface area contributed by atoms with Gasteiger partial charge in [-0.15, -0.1) is 0 Å². The highest BCUT2D eigenvalue weighted by Crippen LogP contribution is 2.45. The molecule has 4 heterocycles. The van der Waals surface area contributed by atoms with Crippen LogP contribution in [0, 0.1) is 11.3 Å². The third-order valence-corrected chi connectivity index (χ3v) is 11.2. The molecule has 1 saturated carbocycles. The quantitative estimate of drug-likeness (QED) is 0.302. The summed E-state index contributed by atoms with van der Waals surface area (Å²) in [5, 5.41) is 22.1. The Kier molecular flexibility index (Phi) is 9.73. The molecular weight excluding hydrogens is 684 g/mol. The molecule has 3 aliphatic heterocycles. The van der Waals surface area contributed by atoms with E-state index < -0.39 is 17.7 Å². The molecule has 2 amide bonds. The van der Waals surface area contributed by atoms with Crippen LogP contribution >= 0.6 is 11.6 Å². The molecule has 1 N–H and O–H groups in total. The van der Waals surface area contributed by atoms with Crippen molar-refractivity contribution in [2.75, 3.05) is 62.7 Å². The van der Waals surface area contributed by atoms with E-state index in [0.717, 1.165) is 72.4 Å². The predicted octanol–water partition coefficient (Wildman–Crippen LogP) is 5.78. The van der Waals surface area contributed by atoms with Crippen molar-refractivity contribution in [1.82, 2.24) is 24.7 Å². The van der Waals surface area contributed by atoms with E-state index in [-0.39, 0.29) is 36.7 Å². The third kappa shape index (κ3) is 7.23. The SMILES string of the molecule is CN(C(=O)OC(C)(C)C)C1CCN(C2(COc3nc4c(c(N5CCN(C(=O)O)C(CC#N)C5)n3)CCN(c3cccc5cccc(Cl)c35)C4)CC2)C1. The van der Waals surface area contributed by atoms with Gasteiger partial charge in [0.15, 0.2) is 0 Å². The Morgan fingerprint density at radius 2 is 1.85 bits per heavy atom. The molecule has 7 rings (SSSR count). The number of anilines is 2. The van der Waals surface area contributed by atoms with Gasteiger partial charge in [-0.2, -0.15) is 15.2 Å². The molecule has 1 aromatic heterocycles. The topological polar surface area (TPSA) is 139 Å². The number of carbonyl (C=O) groups is 2. The van der Waals surface area contributed by atoms with Crippen LogP contribution in [-0.2, 0) is 17.7 Å². The summed E-state index contributed by atoms with van der Waals surface area (Å²) in [5.41, 5.74) is 2.21. The molecule has 14 heteroatoms. The number of rotatable bonds is 8. The molecule has 3 aromatic rings. The Bertz CT molecular complexity index is 1890. The second-order valence-electron chi connectivity index (χ2n) is 15.5. The minimum atomic E-state index is -1.02. The van der Waals surface area contributed by atoms with E-state index in [0.29, 0.717) is 37.7 Å². The highest BCUT2D eigenvalue weighted by atomic mass is 35.5. The molecule has 3 fully saturated rings. The number of halogens is 1. The molecule has 276 valence electrons. The summed E-state index contributed by atoms with van der Waals surface area (Å²) in [6.45, 7) is 9.97. The number of nitrogens with zero attached hydrogens (tertiary/aromatic N) is 8. The number of likely N-dealkylation sites (N-methyl/N-ethyl adjacent to an activating group) is 1. The lowest BCUT2D eigenvalue weighted by Gasteiger charge is -2.41. The molecule has 52 heavy (non-hydrogen) atoms. The largest absolute Gasteiger partial charge is 0.465 e. The highest BCUT2D eigenvalue weighted by molar-refractivity contribution is 6.36. The minimum absolute atomic E-state index is 0.0540. The second kappa shape index (κ2) is 14.1. The number of fused-ring (bicyclic) bond motifs is 2. The first-order valence-electron chi connectivity index (χ1n) is 18.1. The zero-order valence-corrected chi connectivity index (χ0v) is 31.1. The van der Waals surface area contributed by atoms with Crippen molar-refractivity contribution >= 4 is 46.1 Å². The predicted molar refractivity (Wildman–Crippen MR) is 198 cm³/mol. The number of ether oxygens (including phenoxy) is 2. The zero-order chi connectivity index (χ0) is 36.8. The van der Waals surface area contributed by atoms with Crippen LogP contribution in [0.5, 0.6) is 6.01 Å². The summed E-state index contributed by atoms with van der Waals surface area (Å²) >= 11 is 6.74. The number of amides is 2. The number of piperazine rings is 1. The Hall–Kier alpha value is -4.54. The van der Waals surface area contributed by atoms with Gasteiger partial charge in [0.25, 0.3) is 0 Å². The lowest BCUT2D eigenvalue weighted by atomic mass is 10.0.